The summed E-state index contributed by atoms with van der Waals surface area (Å²) in [7, 11) is 0. The zero-order valence-electron chi connectivity index (χ0n) is 6.47. The van der Waals surface area contributed by atoms with Crippen molar-refractivity contribution in [3.8, 4) is 0 Å². The first-order valence-electron chi connectivity index (χ1n) is 3.87. The maximum Gasteiger partial charge on any atom is 0.117 e. The van der Waals surface area contributed by atoms with Crippen molar-refractivity contribution in [1.29, 1.82) is 0 Å². The molecule has 2 heterocycles. The lowest BCUT2D eigenvalue weighted by atomic mass is 9.82. The number of hydrogen-bond donors (Lipinski definition) is 1. The summed E-state index contributed by atoms with van der Waals surface area (Å²) in [6.07, 6.45) is 2.01. The van der Waals surface area contributed by atoms with Crippen molar-refractivity contribution in [3.63, 3.8) is 0 Å². The minimum absolute atomic E-state index is 0.0430. The molecule has 2 rings (SSSR count). The normalized spacial score (nSPS) is 42.1. The van der Waals surface area contributed by atoms with Crippen molar-refractivity contribution in [1.82, 2.24) is 0 Å². The van der Waals surface area contributed by atoms with E-state index < -0.39 is 5.60 Å². The van der Waals surface area contributed by atoms with E-state index in [1.165, 1.54) is 0 Å². The minimum Gasteiger partial charge on any atom is -0.393 e. The zero-order chi connectivity index (χ0) is 8.06. The second-order valence-electron chi connectivity index (χ2n) is 3.30. The fraction of sp³-hybridized carbons (Fsp3) is 0.556. The van der Waals surface area contributed by atoms with E-state index in [-0.39, 0.29) is 12.7 Å². The lowest BCUT2D eigenvalue weighted by Gasteiger charge is -2.23. The standard InChI is InChI=1S/C9H12O2/c1-6-7(2)9(5-10)4-3-8(6)11-9/h8,10H,1-5H2/t8-,9-/m1/s1. The number of aliphatic hydroxyl groups excluding tert-OH is 1. The Hall–Kier alpha value is -0.600. The van der Waals surface area contributed by atoms with Crippen LogP contribution in [0.15, 0.2) is 24.3 Å². The van der Waals surface area contributed by atoms with E-state index in [2.05, 4.69) is 13.2 Å². The van der Waals surface area contributed by atoms with E-state index in [0.29, 0.717) is 0 Å². The highest BCUT2D eigenvalue weighted by Gasteiger charge is 2.50. The number of fused-ring (bicyclic) bond motifs is 2. The molecule has 2 aliphatic rings. The topological polar surface area (TPSA) is 29.5 Å². The third kappa shape index (κ3) is 0.686. The SMILES string of the molecule is C=C1C(=C)[C@]2(CO)CC[C@H]1O2. The predicted octanol–water partition coefficient (Wildman–Crippen LogP) is 1.02. The Bertz CT molecular complexity index is 232. The minimum atomic E-state index is -0.457. The average molecular weight is 152 g/mol. The molecule has 0 aromatic carbocycles. The van der Waals surface area contributed by atoms with Gasteiger partial charge < -0.3 is 9.84 Å². The molecule has 2 fully saturated rings. The summed E-state index contributed by atoms with van der Waals surface area (Å²) in [4.78, 5) is 0. The van der Waals surface area contributed by atoms with Crippen molar-refractivity contribution in [2.24, 2.45) is 0 Å². The van der Waals surface area contributed by atoms with Crippen LogP contribution in [0.25, 0.3) is 0 Å². The average Bonchev–Trinajstić information content (AvgIpc) is 2.53. The lowest BCUT2D eigenvalue weighted by molar-refractivity contribution is -0.00767. The summed E-state index contributed by atoms with van der Waals surface area (Å²) in [5.41, 5.74) is 1.42. The predicted molar refractivity (Wildman–Crippen MR) is 42.2 cm³/mol. The van der Waals surface area contributed by atoms with Gasteiger partial charge in [-0.05, 0) is 24.0 Å². The van der Waals surface area contributed by atoms with Crippen LogP contribution in [0.1, 0.15) is 12.8 Å². The Morgan fingerprint density at radius 1 is 1.64 bits per heavy atom. The Morgan fingerprint density at radius 2 is 2.36 bits per heavy atom. The molecule has 0 aliphatic carbocycles. The summed E-state index contributed by atoms with van der Waals surface area (Å²) >= 11 is 0. The van der Waals surface area contributed by atoms with E-state index in [9.17, 15) is 0 Å². The molecular weight excluding hydrogens is 140 g/mol. The van der Waals surface area contributed by atoms with Crippen LogP contribution < -0.4 is 0 Å². The first-order chi connectivity index (χ1) is 5.19. The first-order valence-corrected chi connectivity index (χ1v) is 3.87. The van der Waals surface area contributed by atoms with Gasteiger partial charge >= 0.3 is 0 Å². The second kappa shape index (κ2) is 1.96. The molecule has 2 heteroatoms. The van der Waals surface area contributed by atoms with Crippen molar-refractivity contribution >= 4 is 0 Å². The molecule has 0 unspecified atom stereocenters. The Labute approximate surface area is 66.2 Å². The summed E-state index contributed by atoms with van der Waals surface area (Å²) in [6.45, 7) is 7.79. The molecule has 2 nitrogen and oxygen atoms in total. The van der Waals surface area contributed by atoms with Crippen molar-refractivity contribution < 1.29 is 9.84 Å². The number of rotatable bonds is 1. The Balaban J connectivity index is 2.38. The molecule has 0 spiro atoms. The largest absolute Gasteiger partial charge is 0.393 e. The molecule has 0 radical (unpaired) electrons. The molecular formula is C9H12O2. The highest BCUT2D eigenvalue weighted by atomic mass is 16.5. The van der Waals surface area contributed by atoms with Gasteiger partial charge in [0.1, 0.15) is 5.60 Å². The van der Waals surface area contributed by atoms with Crippen LogP contribution in [0.4, 0.5) is 0 Å². The number of ether oxygens (including phenoxy) is 1. The van der Waals surface area contributed by atoms with Gasteiger partial charge in [-0.15, -0.1) is 0 Å². The van der Waals surface area contributed by atoms with Gasteiger partial charge in [-0.25, -0.2) is 0 Å². The van der Waals surface area contributed by atoms with Crippen molar-refractivity contribution in [3.05, 3.63) is 24.3 Å². The smallest absolute Gasteiger partial charge is 0.117 e. The van der Waals surface area contributed by atoms with Gasteiger partial charge in [0.05, 0.1) is 12.7 Å². The third-order valence-electron chi connectivity index (χ3n) is 2.76. The molecule has 60 valence electrons. The molecule has 2 bridgehead atoms. The summed E-state index contributed by atoms with van der Waals surface area (Å²) in [5, 5.41) is 9.10. The van der Waals surface area contributed by atoms with E-state index in [1.807, 2.05) is 0 Å². The molecule has 0 aromatic rings. The van der Waals surface area contributed by atoms with Gasteiger partial charge in [-0.1, -0.05) is 13.2 Å². The molecule has 0 saturated carbocycles. The molecule has 0 amide bonds. The molecule has 11 heavy (non-hydrogen) atoms. The third-order valence-corrected chi connectivity index (χ3v) is 2.76. The van der Waals surface area contributed by atoms with Crippen LogP contribution >= 0.6 is 0 Å². The number of aliphatic hydroxyl groups is 1. The Kier molecular flexibility index (Phi) is 1.26. The quantitative estimate of drug-likeness (QED) is 0.608. The van der Waals surface area contributed by atoms with E-state index in [0.717, 1.165) is 24.0 Å². The fourth-order valence-electron chi connectivity index (χ4n) is 1.92. The molecule has 2 aliphatic heterocycles. The van der Waals surface area contributed by atoms with Crippen molar-refractivity contribution in [2.45, 2.75) is 24.5 Å². The summed E-state index contributed by atoms with van der Waals surface area (Å²) in [5.74, 6) is 0. The molecule has 2 atom stereocenters. The van der Waals surface area contributed by atoms with Gasteiger partial charge in [0.25, 0.3) is 0 Å². The fourth-order valence-corrected chi connectivity index (χ4v) is 1.92. The van der Waals surface area contributed by atoms with Crippen LogP contribution in [0.2, 0.25) is 0 Å². The van der Waals surface area contributed by atoms with Gasteiger partial charge in [0.2, 0.25) is 0 Å². The zero-order valence-corrected chi connectivity index (χ0v) is 6.47. The monoisotopic (exact) mass is 152 g/mol. The first kappa shape index (κ1) is 7.07. The maximum atomic E-state index is 9.10. The van der Waals surface area contributed by atoms with Crippen LogP contribution in [-0.2, 0) is 4.74 Å². The summed E-state index contributed by atoms with van der Waals surface area (Å²) in [6, 6.07) is 0. The van der Waals surface area contributed by atoms with Gasteiger partial charge in [0, 0.05) is 0 Å². The highest BCUT2D eigenvalue weighted by Crippen LogP contribution is 2.48. The summed E-state index contributed by atoms with van der Waals surface area (Å²) < 4.78 is 5.58. The van der Waals surface area contributed by atoms with E-state index >= 15 is 0 Å². The van der Waals surface area contributed by atoms with Crippen LogP contribution in [0.5, 0.6) is 0 Å². The van der Waals surface area contributed by atoms with Crippen molar-refractivity contribution in [2.75, 3.05) is 6.61 Å². The van der Waals surface area contributed by atoms with Gasteiger partial charge in [-0.3, -0.25) is 0 Å². The highest BCUT2D eigenvalue weighted by molar-refractivity contribution is 5.44. The van der Waals surface area contributed by atoms with Gasteiger partial charge in [-0.2, -0.15) is 0 Å². The van der Waals surface area contributed by atoms with Crippen LogP contribution in [-0.4, -0.2) is 23.4 Å². The molecule has 1 N–H and O–H groups in total. The molecule has 0 aromatic heterocycles. The lowest BCUT2D eigenvalue weighted by Crippen LogP contribution is -2.31. The Morgan fingerprint density at radius 3 is 2.73 bits per heavy atom. The second-order valence-corrected chi connectivity index (χ2v) is 3.30. The molecule has 2 saturated heterocycles. The van der Waals surface area contributed by atoms with Gasteiger partial charge in [0.15, 0.2) is 0 Å². The van der Waals surface area contributed by atoms with E-state index in [1.54, 1.807) is 0 Å². The van der Waals surface area contributed by atoms with Crippen LogP contribution in [0, 0.1) is 0 Å². The number of hydrogen-bond acceptors (Lipinski definition) is 2. The van der Waals surface area contributed by atoms with E-state index in [4.69, 9.17) is 9.84 Å². The van der Waals surface area contributed by atoms with Crippen LogP contribution in [0.3, 0.4) is 0 Å². The maximum absolute atomic E-state index is 9.10.